The molecule has 1 N–H and O–H groups in total. The molecule has 0 saturated heterocycles. The fourth-order valence-corrected chi connectivity index (χ4v) is 1.19. The molecule has 1 rings (SSSR count). The highest BCUT2D eigenvalue weighted by Crippen LogP contribution is 2.15. The summed E-state index contributed by atoms with van der Waals surface area (Å²) in [6, 6.07) is 1.53. The molecule has 82 valence electrons. The van der Waals surface area contributed by atoms with Crippen LogP contribution in [0.25, 0.3) is 0 Å². The SMILES string of the molecule is C=COCCCNC(=O)c1ccoc1Cl. The molecule has 4 nitrogen and oxygen atoms in total. The highest BCUT2D eigenvalue weighted by atomic mass is 35.5. The Bertz CT molecular complexity index is 335. The van der Waals surface area contributed by atoms with Gasteiger partial charge in [-0.2, -0.15) is 0 Å². The number of carbonyl (C=O) groups excluding carboxylic acids is 1. The summed E-state index contributed by atoms with van der Waals surface area (Å²) in [6.45, 7) is 4.46. The van der Waals surface area contributed by atoms with E-state index < -0.39 is 0 Å². The van der Waals surface area contributed by atoms with Gasteiger partial charge in [-0.25, -0.2) is 0 Å². The Kier molecular flexibility index (Phi) is 4.77. The summed E-state index contributed by atoms with van der Waals surface area (Å²) in [4.78, 5) is 11.4. The van der Waals surface area contributed by atoms with Gasteiger partial charge in [-0.05, 0) is 24.1 Å². The van der Waals surface area contributed by atoms with E-state index in [1.54, 1.807) is 0 Å². The van der Waals surface area contributed by atoms with Gasteiger partial charge < -0.3 is 14.5 Å². The van der Waals surface area contributed by atoms with E-state index in [1.807, 2.05) is 0 Å². The summed E-state index contributed by atoms with van der Waals surface area (Å²) in [5, 5.41) is 2.79. The van der Waals surface area contributed by atoms with Crippen LogP contribution in [0.15, 0.2) is 29.6 Å². The number of furan rings is 1. The average Bonchev–Trinajstić information content (AvgIpc) is 2.64. The number of hydrogen-bond acceptors (Lipinski definition) is 3. The van der Waals surface area contributed by atoms with Crippen LogP contribution in [0.2, 0.25) is 5.22 Å². The normalized spacial score (nSPS) is 9.67. The van der Waals surface area contributed by atoms with Crippen LogP contribution in [0.3, 0.4) is 0 Å². The molecule has 0 aliphatic rings. The minimum absolute atomic E-state index is 0.106. The summed E-state index contributed by atoms with van der Waals surface area (Å²) >= 11 is 5.63. The van der Waals surface area contributed by atoms with E-state index in [0.29, 0.717) is 25.1 Å². The third-order valence-electron chi connectivity index (χ3n) is 1.70. The van der Waals surface area contributed by atoms with Crippen molar-refractivity contribution in [2.45, 2.75) is 6.42 Å². The number of halogens is 1. The van der Waals surface area contributed by atoms with Crippen LogP contribution < -0.4 is 5.32 Å². The van der Waals surface area contributed by atoms with E-state index >= 15 is 0 Å². The van der Waals surface area contributed by atoms with Crippen LogP contribution in [-0.4, -0.2) is 19.1 Å². The molecule has 0 saturated carbocycles. The molecule has 0 spiro atoms. The van der Waals surface area contributed by atoms with Gasteiger partial charge in [0.2, 0.25) is 5.22 Å². The van der Waals surface area contributed by atoms with Crippen LogP contribution in [-0.2, 0) is 4.74 Å². The fraction of sp³-hybridized carbons (Fsp3) is 0.300. The second-order valence-electron chi connectivity index (χ2n) is 2.75. The first-order valence-electron chi connectivity index (χ1n) is 4.49. The highest BCUT2D eigenvalue weighted by molar-refractivity contribution is 6.32. The lowest BCUT2D eigenvalue weighted by Gasteiger charge is -2.03. The number of amides is 1. The van der Waals surface area contributed by atoms with Gasteiger partial charge in [0.15, 0.2) is 0 Å². The van der Waals surface area contributed by atoms with Crippen LogP contribution in [0.1, 0.15) is 16.8 Å². The number of carbonyl (C=O) groups is 1. The minimum Gasteiger partial charge on any atom is -0.502 e. The van der Waals surface area contributed by atoms with Crippen LogP contribution >= 0.6 is 11.6 Å². The Hall–Kier alpha value is -1.42. The largest absolute Gasteiger partial charge is 0.502 e. The molecule has 0 aromatic carbocycles. The van der Waals surface area contributed by atoms with E-state index in [2.05, 4.69) is 11.9 Å². The number of nitrogens with one attached hydrogen (secondary N) is 1. The van der Waals surface area contributed by atoms with Crippen molar-refractivity contribution < 1.29 is 13.9 Å². The fourth-order valence-electron chi connectivity index (χ4n) is 0.992. The van der Waals surface area contributed by atoms with Crippen LogP contribution in [0, 0.1) is 0 Å². The molecule has 0 bridgehead atoms. The van der Waals surface area contributed by atoms with Gasteiger partial charge in [0.05, 0.1) is 24.7 Å². The van der Waals surface area contributed by atoms with Gasteiger partial charge >= 0.3 is 0 Å². The second-order valence-corrected chi connectivity index (χ2v) is 3.10. The van der Waals surface area contributed by atoms with Crippen LogP contribution in [0.5, 0.6) is 0 Å². The molecule has 1 amide bonds. The predicted molar refractivity (Wildman–Crippen MR) is 56.8 cm³/mol. The Morgan fingerprint density at radius 3 is 3.13 bits per heavy atom. The summed E-state index contributed by atoms with van der Waals surface area (Å²) in [7, 11) is 0. The molecule has 0 unspecified atom stereocenters. The zero-order valence-electron chi connectivity index (χ0n) is 8.16. The van der Waals surface area contributed by atoms with Crippen molar-refractivity contribution in [3.63, 3.8) is 0 Å². The monoisotopic (exact) mass is 229 g/mol. The zero-order valence-corrected chi connectivity index (χ0v) is 8.92. The van der Waals surface area contributed by atoms with Crippen molar-refractivity contribution in [2.24, 2.45) is 0 Å². The molecule has 0 aliphatic carbocycles. The van der Waals surface area contributed by atoms with Gasteiger partial charge in [0, 0.05) is 6.54 Å². The Balaban J connectivity index is 2.25. The Morgan fingerprint density at radius 1 is 1.73 bits per heavy atom. The predicted octanol–water partition coefficient (Wildman–Crippen LogP) is 2.21. The van der Waals surface area contributed by atoms with Crippen molar-refractivity contribution in [2.75, 3.05) is 13.2 Å². The van der Waals surface area contributed by atoms with Crippen molar-refractivity contribution in [3.05, 3.63) is 36.0 Å². The second kappa shape index (κ2) is 6.14. The minimum atomic E-state index is -0.243. The van der Waals surface area contributed by atoms with Gasteiger partial charge in [-0.3, -0.25) is 4.79 Å². The quantitative estimate of drug-likeness (QED) is 0.601. The van der Waals surface area contributed by atoms with Crippen molar-refractivity contribution in [3.8, 4) is 0 Å². The summed E-state index contributed by atoms with van der Waals surface area (Å²) in [5.74, 6) is -0.243. The lowest BCUT2D eigenvalue weighted by atomic mass is 10.3. The summed E-state index contributed by atoms with van der Waals surface area (Å²) < 4.78 is 9.69. The molecule has 0 atom stereocenters. The number of rotatable bonds is 6. The molecule has 1 aromatic rings. The molecule has 0 aliphatic heterocycles. The summed E-state index contributed by atoms with van der Waals surface area (Å²) in [6.07, 6.45) is 3.46. The van der Waals surface area contributed by atoms with E-state index in [4.69, 9.17) is 20.8 Å². The van der Waals surface area contributed by atoms with Gasteiger partial charge in [0.1, 0.15) is 0 Å². The first kappa shape index (κ1) is 11.7. The molecule has 1 aromatic heterocycles. The van der Waals surface area contributed by atoms with Crippen molar-refractivity contribution >= 4 is 17.5 Å². The number of ether oxygens (including phenoxy) is 1. The van der Waals surface area contributed by atoms with Crippen LogP contribution in [0.4, 0.5) is 0 Å². The molecule has 0 radical (unpaired) electrons. The smallest absolute Gasteiger partial charge is 0.256 e. The average molecular weight is 230 g/mol. The maximum absolute atomic E-state index is 11.4. The number of hydrogen-bond donors (Lipinski definition) is 1. The van der Waals surface area contributed by atoms with E-state index in [9.17, 15) is 4.79 Å². The Morgan fingerprint density at radius 2 is 2.53 bits per heavy atom. The van der Waals surface area contributed by atoms with Gasteiger partial charge in [-0.15, -0.1) is 0 Å². The topological polar surface area (TPSA) is 51.5 Å². The van der Waals surface area contributed by atoms with E-state index in [0.717, 1.165) is 0 Å². The molecule has 1 heterocycles. The molecule has 15 heavy (non-hydrogen) atoms. The van der Waals surface area contributed by atoms with E-state index in [-0.39, 0.29) is 11.1 Å². The van der Waals surface area contributed by atoms with Gasteiger partial charge in [-0.1, -0.05) is 6.58 Å². The maximum atomic E-state index is 11.4. The van der Waals surface area contributed by atoms with E-state index in [1.165, 1.54) is 18.6 Å². The van der Waals surface area contributed by atoms with Crippen molar-refractivity contribution in [1.29, 1.82) is 0 Å². The third kappa shape index (κ3) is 3.67. The highest BCUT2D eigenvalue weighted by Gasteiger charge is 2.11. The molecular weight excluding hydrogens is 218 g/mol. The first-order chi connectivity index (χ1) is 7.25. The first-order valence-corrected chi connectivity index (χ1v) is 4.87. The molecular formula is C10H12ClNO3. The van der Waals surface area contributed by atoms with Crippen molar-refractivity contribution in [1.82, 2.24) is 5.32 Å². The Labute approximate surface area is 92.9 Å². The zero-order chi connectivity index (χ0) is 11.1. The third-order valence-corrected chi connectivity index (χ3v) is 2.00. The maximum Gasteiger partial charge on any atom is 0.256 e. The molecule has 0 fully saturated rings. The lowest BCUT2D eigenvalue weighted by molar-refractivity contribution is 0.0950. The van der Waals surface area contributed by atoms with Gasteiger partial charge in [0.25, 0.3) is 5.91 Å². The lowest BCUT2D eigenvalue weighted by Crippen LogP contribution is -2.24. The summed E-state index contributed by atoms with van der Waals surface area (Å²) in [5.41, 5.74) is 0.348. The standard InChI is InChI=1S/C10H12ClNO3/c1-2-14-6-3-5-12-10(13)8-4-7-15-9(8)11/h2,4,7H,1,3,5-6H2,(H,12,13). The molecule has 5 heteroatoms.